The van der Waals surface area contributed by atoms with Crippen LogP contribution in [0.15, 0.2) is 90.7 Å². The van der Waals surface area contributed by atoms with Gasteiger partial charge in [-0.25, -0.2) is 19.6 Å². The Kier molecular flexibility index (Phi) is 15.8. The van der Waals surface area contributed by atoms with Crippen LogP contribution in [0, 0.1) is 0 Å². The molecule has 4 fully saturated rings. The number of hydrogen-bond donors (Lipinski definition) is 8. The Bertz CT molecular complexity index is 2900. The third-order valence-corrected chi connectivity index (χ3v) is 16.9. The number of rotatable bonds is 14. The Morgan fingerprint density at radius 1 is 0.693 bits per heavy atom. The monoisotopic (exact) mass is 1130 g/mol. The maximum Gasteiger partial charge on any atom is 0.394 e. The first-order valence-corrected chi connectivity index (χ1v) is 28.0. The second-order valence-corrected chi connectivity index (χ2v) is 23.3. The molecular formula is C44H52N12O14S5+2. The normalized spacial score (nSPS) is 24.0. The molecule has 2 saturated heterocycles. The number of carboxylic acid groups (broad SMARTS) is 2. The van der Waals surface area contributed by atoms with E-state index in [0.717, 1.165) is 61.2 Å². The van der Waals surface area contributed by atoms with Crippen LogP contribution in [0.3, 0.4) is 0 Å². The molecule has 0 spiro atoms. The Morgan fingerprint density at radius 3 is 1.31 bits per heavy atom. The van der Waals surface area contributed by atoms with Crippen molar-refractivity contribution in [2.75, 3.05) is 64.4 Å². The Hall–Kier alpha value is -6.45. The van der Waals surface area contributed by atoms with Gasteiger partial charge in [0.2, 0.25) is 0 Å². The van der Waals surface area contributed by atoms with Crippen molar-refractivity contribution in [1.82, 2.24) is 30.4 Å². The Labute approximate surface area is 445 Å². The highest BCUT2D eigenvalue weighted by atomic mass is 32.3. The number of carbonyl (C=O) groups is 6. The standard InChI is InChI=1S/2C22H24N6O5S2.H2O4S/c2*1-28(6-11-4-3-5-12(11)7-28)8-13-9-34-20-16(19(30)27(20)17(13)21(31)32)25-18(29)15(26-33-2)14-10-35-22(23)24-14;1-5(2,3)4/h2*6-7,10,16,20H,3-5,8-9H2,1-2H3,(H3-,23,24,25,29,31,32);(H2,1,2,3,4)/p+2/b2*26-15-;/t2*16-,20-;/m11./s1. The van der Waals surface area contributed by atoms with Crippen LogP contribution in [0.1, 0.15) is 49.9 Å². The zero-order chi connectivity index (χ0) is 54.3. The quantitative estimate of drug-likeness (QED) is 0.0439. The van der Waals surface area contributed by atoms with E-state index in [1.165, 1.54) is 69.8 Å². The fourth-order valence-electron chi connectivity index (χ4n) is 10.1. The SMILES string of the molecule is CO/N=C(\C(=O)N[C@@H]1C(=O)N2C(C(=O)O)=C(C[N+]3(C)C=C4CCCC4=C3)CS[C@H]12)c1csc(N)n1.CO/N=C(\C(=O)N[C@@H]1C(=O)N2C(C(=O)O)=C(C[N+]3(C)C=C4CCCC4=C3)CS[C@H]12)c1csc(N)n1.O=S(=O)(O)O. The van der Waals surface area contributed by atoms with Crippen molar-refractivity contribution in [3.8, 4) is 0 Å². The lowest BCUT2D eigenvalue weighted by Gasteiger charge is -2.49. The van der Waals surface area contributed by atoms with Crippen LogP contribution in [-0.4, -0.2) is 179 Å². The highest BCUT2D eigenvalue weighted by molar-refractivity contribution is 8.00. The lowest BCUT2D eigenvalue weighted by molar-refractivity contribution is -0.799. The minimum absolute atomic E-state index is 0.00974. The molecule has 26 nitrogen and oxygen atoms in total. The van der Waals surface area contributed by atoms with Crippen molar-refractivity contribution in [2.24, 2.45) is 10.3 Å². The number of nitrogens with two attached hydrogens (primary N) is 2. The number of nitrogens with zero attached hydrogens (tertiary/aromatic N) is 8. The molecule has 2 saturated carbocycles. The molecule has 4 atom stereocenters. The molecule has 2 aliphatic carbocycles. The van der Waals surface area contributed by atoms with E-state index < -0.39 is 68.8 Å². The molecule has 0 unspecified atom stereocenters. The molecule has 6 aliphatic heterocycles. The molecule has 4 amide bonds. The van der Waals surface area contributed by atoms with Crippen molar-refractivity contribution in [2.45, 2.75) is 61.4 Å². The summed E-state index contributed by atoms with van der Waals surface area (Å²) in [6, 6.07) is -1.77. The average Bonchev–Trinajstić information content (AvgIpc) is 4.21. The van der Waals surface area contributed by atoms with E-state index in [1.807, 2.05) is 14.1 Å². The maximum absolute atomic E-state index is 13.1. The molecule has 0 aromatic carbocycles. The molecule has 10 rings (SSSR count). The summed E-state index contributed by atoms with van der Waals surface area (Å²) < 4.78 is 32.6. The number of thioether (sulfide) groups is 2. The molecule has 0 bridgehead atoms. The van der Waals surface area contributed by atoms with Gasteiger partial charge >= 0.3 is 22.3 Å². The van der Waals surface area contributed by atoms with E-state index in [0.29, 0.717) is 44.7 Å². The van der Waals surface area contributed by atoms with E-state index in [9.17, 15) is 39.0 Å². The highest BCUT2D eigenvalue weighted by Gasteiger charge is 2.57. The molecular weight excluding hydrogens is 1080 g/mol. The van der Waals surface area contributed by atoms with Crippen LogP contribution in [0.25, 0.3) is 0 Å². The number of nitrogen functional groups attached to an aromatic ring is 2. The number of likely N-dealkylation sites (N-methyl/N-ethyl adjacent to an activating group) is 2. The van der Waals surface area contributed by atoms with Crippen molar-refractivity contribution >= 4 is 114 Å². The van der Waals surface area contributed by atoms with Crippen LogP contribution in [0.2, 0.25) is 0 Å². The number of aromatic nitrogens is 2. The number of hydrogen-bond acceptors (Lipinski definition) is 20. The van der Waals surface area contributed by atoms with E-state index in [1.54, 1.807) is 10.8 Å². The van der Waals surface area contributed by atoms with Gasteiger partial charge < -0.3 is 42.0 Å². The van der Waals surface area contributed by atoms with Crippen LogP contribution in [0.5, 0.6) is 0 Å². The second kappa shape index (κ2) is 21.7. The predicted octanol–water partition coefficient (Wildman–Crippen LogP) is 1.80. The summed E-state index contributed by atoms with van der Waals surface area (Å²) in [5, 5.41) is 35.4. The summed E-state index contributed by atoms with van der Waals surface area (Å²) in [7, 11) is 2.02. The summed E-state index contributed by atoms with van der Waals surface area (Å²) in [5.74, 6) is -3.64. The number of amides is 4. The van der Waals surface area contributed by atoms with Gasteiger partial charge in [-0.1, -0.05) is 10.3 Å². The maximum atomic E-state index is 13.1. The summed E-state index contributed by atoms with van der Waals surface area (Å²) >= 11 is 5.16. The molecule has 400 valence electrons. The van der Waals surface area contributed by atoms with Gasteiger partial charge in [-0.2, -0.15) is 8.42 Å². The number of allylic oxidation sites excluding steroid dienone is 4. The van der Waals surface area contributed by atoms with Gasteiger partial charge in [-0.3, -0.25) is 47.0 Å². The summed E-state index contributed by atoms with van der Waals surface area (Å²) in [6.45, 7) is 0.954. The second-order valence-electron chi connectivity index (χ2n) is 18.4. The van der Waals surface area contributed by atoms with Gasteiger partial charge in [0.25, 0.3) is 23.6 Å². The van der Waals surface area contributed by atoms with Crippen LogP contribution in [0.4, 0.5) is 10.3 Å². The molecule has 0 radical (unpaired) electrons. The first-order chi connectivity index (χ1) is 35.4. The number of fused-ring (bicyclic) bond motifs is 4. The van der Waals surface area contributed by atoms with Crippen LogP contribution < -0.4 is 22.1 Å². The largest absolute Gasteiger partial charge is 0.477 e. The fraction of sp³-hybridized carbons (Fsp3) is 0.409. The number of nitrogens with one attached hydrogen (secondary N) is 2. The molecule has 8 aliphatic rings. The highest BCUT2D eigenvalue weighted by Crippen LogP contribution is 2.45. The Balaban J connectivity index is 0.000000183. The van der Waals surface area contributed by atoms with Gasteiger partial charge in [0.05, 0.1) is 14.1 Å². The van der Waals surface area contributed by atoms with Crippen LogP contribution >= 0.6 is 46.2 Å². The van der Waals surface area contributed by atoms with E-state index in [-0.39, 0.29) is 44.5 Å². The number of aliphatic carboxylic acids is 2. The Morgan fingerprint density at radius 2 is 1.03 bits per heavy atom. The summed E-state index contributed by atoms with van der Waals surface area (Å²) in [5.41, 5.74) is 18.3. The van der Waals surface area contributed by atoms with Crippen molar-refractivity contribution < 1.29 is 75.1 Å². The van der Waals surface area contributed by atoms with Gasteiger partial charge in [0.1, 0.15) is 97.7 Å². The minimum Gasteiger partial charge on any atom is -0.477 e. The van der Waals surface area contributed by atoms with E-state index in [2.05, 4.69) is 55.7 Å². The number of oxime groups is 2. The van der Waals surface area contributed by atoms with E-state index in [4.69, 9.17) is 38.7 Å². The predicted molar refractivity (Wildman–Crippen MR) is 276 cm³/mol. The molecule has 31 heteroatoms. The number of anilines is 2. The first kappa shape index (κ1) is 54.8. The summed E-state index contributed by atoms with van der Waals surface area (Å²) in [4.78, 5) is 96.6. The topological polar surface area (TPSA) is 369 Å². The number of carboxylic acids is 2. The number of quaternary nitrogens is 2. The fourth-order valence-corrected chi connectivity index (χ4v) is 13.9. The molecule has 10 N–H and O–H groups in total. The molecule has 2 aromatic heterocycles. The van der Waals surface area contributed by atoms with E-state index >= 15 is 0 Å². The number of carbonyl (C=O) groups excluding carboxylic acids is 4. The first-order valence-electron chi connectivity index (χ1n) is 22.8. The molecule has 2 aromatic rings. The zero-order valence-electron chi connectivity index (χ0n) is 40.5. The van der Waals surface area contributed by atoms with Crippen molar-refractivity contribution in [3.05, 3.63) is 91.8 Å². The minimum atomic E-state index is -4.67. The lowest BCUT2D eigenvalue weighted by atomic mass is 10.0. The third kappa shape index (κ3) is 11.7. The number of β-lactam (4-membered cyclic amide) rings is 2. The van der Waals surface area contributed by atoms with Gasteiger partial charge in [0, 0.05) is 55.7 Å². The lowest BCUT2D eigenvalue weighted by Crippen LogP contribution is -2.71. The van der Waals surface area contributed by atoms with Gasteiger partial charge in [-0.15, -0.1) is 46.2 Å². The van der Waals surface area contributed by atoms with Crippen molar-refractivity contribution in [1.29, 1.82) is 0 Å². The van der Waals surface area contributed by atoms with Crippen molar-refractivity contribution in [3.63, 3.8) is 0 Å². The molecule has 75 heavy (non-hydrogen) atoms. The van der Waals surface area contributed by atoms with Gasteiger partial charge in [-0.05, 0) is 38.5 Å². The summed E-state index contributed by atoms with van der Waals surface area (Å²) in [6.07, 6.45) is 15.3. The molecule has 8 heterocycles. The van der Waals surface area contributed by atoms with Gasteiger partial charge in [0.15, 0.2) is 21.7 Å². The van der Waals surface area contributed by atoms with Crippen LogP contribution in [-0.2, 0) is 48.8 Å². The smallest absolute Gasteiger partial charge is 0.394 e. The average molecular weight is 1130 g/mol. The zero-order valence-corrected chi connectivity index (χ0v) is 44.6. The third-order valence-electron chi connectivity index (χ3n) is 12.9. The number of thiazole rings is 2.